The van der Waals surface area contributed by atoms with Gasteiger partial charge in [0.25, 0.3) is 0 Å². The van der Waals surface area contributed by atoms with Crippen LogP contribution in [0.2, 0.25) is 0 Å². The number of nitrogens with one attached hydrogen (secondary N) is 2. The highest BCUT2D eigenvalue weighted by molar-refractivity contribution is 5.93. The van der Waals surface area contributed by atoms with Gasteiger partial charge in [0.15, 0.2) is 0 Å². The summed E-state index contributed by atoms with van der Waals surface area (Å²) < 4.78 is 0. The van der Waals surface area contributed by atoms with Crippen molar-refractivity contribution in [3.8, 4) is 44.5 Å². The summed E-state index contributed by atoms with van der Waals surface area (Å²) in [7, 11) is 0. The lowest BCUT2D eigenvalue weighted by Crippen LogP contribution is -2.50. The second-order valence-electron chi connectivity index (χ2n) is 24.1. The molecule has 0 heterocycles. The minimum Gasteiger partial charge on any atom is -0.355 e. The van der Waals surface area contributed by atoms with Gasteiger partial charge in [-0.05, 0) is 209 Å². The number of fused-ring (bicyclic) bond motifs is 13. The van der Waals surface area contributed by atoms with Gasteiger partial charge in [-0.15, -0.1) is 0 Å². The number of hydrogen-bond acceptors (Lipinski definition) is 2. The number of anilines is 4. The number of rotatable bonds is 7. The van der Waals surface area contributed by atoms with Crippen molar-refractivity contribution in [1.82, 2.24) is 0 Å². The Bertz CT molecular complexity index is 3460. The zero-order valence-electron chi connectivity index (χ0n) is 41.4. The Hall–Kier alpha value is -6.64. The summed E-state index contributed by atoms with van der Waals surface area (Å²) in [6, 6.07) is 72.6. The minimum absolute atomic E-state index is 0.00842. The van der Waals surface area contributed by atoms with Crippen LogP contribution in [-0.4, -0.2) is 0 Å². The highest BCUT2D eigenvalue weighted by Crippen LogP contribution is 2.72. The van der Waals surface area contributed by atoms with Crippen LogP contribution in [0.1, 0.15) is 105 Å². The molecular formula is C70H64N2. The fourth-order valence-electron chi connectivity index (χ4n) is 19.0. The molecule has 17 rings (SSSR count). The molecule has 8 aromatic rings. The smallest absolute Gasteiger partial charge is 0.0467 e. The van der Waals surface area contributed by atoms with Gasteiger partial charge in [0, 0.05) is 44.7 Å². The van der Waals surface area contributed by atoms with Crippen molar-refractivity contribution in [2.45, 2.75) is 93.3 Å². The topological polar surface area (TPSA) is 24.1 Å². The molecule has 0 aliphatic heterocycles. The zero-order chi connectivity index (χ0) is 47.2. The molecule has 0 radical (unpaired) electrons. The fourth-order valence-corrected chi connectivity index (χ4v) is 19.0. The van der Waals surface area contributed by atoms with Crippen LogP contribution in [0.15, 0.2) is 188 Å². The van der Waals surface area contributed by atoms with Gasteiger partial charge >= 0.3 is 0 Å². The molecule has 9 aliphatic carbocycles. The van der Waals surface area contributed by atoms with E-state index in [1.807, 2.05) is 0 Å². The third-order valence-corrected chi connectivity index (χ3v) is 21.1. The Morgan fingerprint density at radius 1 is 0.375 bits per heavy atom. The molecule has 7 fully saturated rings. The summed E-state index contributed by atoms with van der Waals surface area (Å²) in [6.45, 7) is 0. The molecule has 9 aliphatic rings. The molecule has 2 N–H and O–H groups in total. The van der Waals surface area contributed by atoms with Gasteiger partial charge in [0.2, 0.25) is 0 Å². The van der Waals surface area contributed by atoms with Gasteiger partial charge in [-0.2, -0.15) is 0 Å². The second kappa shape index (κ2) is 15.7. The monoisotopic (exact) mass is 933 g/mol. The van der Waals surface area contributed by atoms with E-state index >= 15 is 0 Å². The van der Waals surface area contributed by atoms with Crippen molar-refractivity contribution < 1.29 is 0 Å². The SMILES string of the molecule is c1ccc(-c2ccc(Nc3cccc4c3-c3ccccc3C43C4CCC5(c6ccccc6-c6ccccc6Nc6ccc7c(c6)-c6ccccc6C76C7CC8CCCC6C(C8)C7)CC(C4)CC3C5)cc2)cc1. The third kappa shape index (κ3) is 5.79. The average Bonchev–Trinajstić information content (AvgIpc) is 3.85. The molecule has 0 amide bonds. The Balaban J connectivity index is 0.753. The Kier molecular flexibility index (Phi) is 9.13. The Morgan fingerprint density at radius 3 is 1.85 bits per heavy atom. The van der Waals surface area contributed by atoms with E-state index in [0.717, 1.165) is 35.3 Å². The summed E-state index contributed by atoms with van der Waals surface area (Å²) in [5.41, 5.74) is 24.2. The fraction of sp³-hybridized carbons (Fsp3) is 0.314. The van der Waals surface area contributed by atoms with Crippen molar-refractivity contribution in [2.24, 2.45) is 41.4 Å². The van der Waals surface area contributed by atoms with E-state index in [2.05, 4.69) is 199 Å². The molecule has 2 heteroatoms. The lowest BCUT2D eigenvalue weighted by molar-refractivity contribution is 0.0499. The van der Waals surface area contributed by atoms with E-state index in [1.54, 1.807) is 27.8 Å². The Morgan fingerprint density at radius 2 is 1.00 bits per heavy atom. The van der Waals surface area contributed by atoms with Crippen LogP contribution in [0.3, 0.4) is 0 Å². The first kappa shape index (κ1) is 41.9. The van der Waals surface area contributed by atoms with Crippen molar-refractivity contribution in [2.75, 3.05) is 10.6 Å². The van der Waals surface area contributed by atoms with Crippen LogP contribution in [0, 0.1) is 41.4 Å². The average molecular weight is 933 g/mol. The normalized spacial score (nSPS) is 30.4. The minimum atomic E-state index is 0.00842. The van der Waals surface area contributed by atoms with Crippen LogP contribution < -0.4 is 10.6 Å². The standard InChI is InChI=1S/C70H64N2/c1-2-15-46(16-3-1)47-28-30-52(31-29-47)71-66-27-13-25-64-67(66)57-20-6-10-23-62(57)69(64)49-34-35-68(42-45(38-49)39-51(69)43-68)60-21-8-4-17-54(60)56-19-7-11-26-65(56)72-53-32-33-63-58(41-53)55-18-5-9-22-61(55)70(63)50-37-44-14-12-24-59(70)48(36-44)40-50/h1-11,13,15-23,25-33,41,44-45,48-51,59,71-72H,12,14,24,34-40,42-43H2. The molecule has 0 aromatic heterocycles. The highest BCUT2D eigenvalue weighted by Gasteiger charge is 2.64. The van der Waals surface area contributed by atoms with E-state index in [-0.39, 0.29) is 16.2 Å². The van der Waals surface area contributed by atoms with Crippen LogP contribution in [0.25, 0.3) is 44.5 Å². The lowest BCUT2D eigenvalue weighted by atomic mass is 9.48. The number of hydrogen-bond donors (Lipinski definition) is 2. The maximum Gasteiger partial charge on any atom is 0.0467 e. The molecule has 354 valence electrons. The van der Waals surface area contributed by atoms with Crippen LogP contribution in [0.4, 0.5) is 22.7 Å². The van der Waals surface area contributed by atoms with Crippen LogP contribution >= 0.6 is 0 Å². The van der Waals surface area contributed by atoms with Crippen molar-refractivity contribution in [3.63, 3.8) is 0 Å². The predicted molar refractivity (Wildman–Crippen MR) is 297 cm³/mol. The molecule has 8 aromatic carbocycles. The number of para-hydroxylation sites is 1. The maximum atomic E-state index is 4.10. The zero-order valence-corrected chi connectivity index (χ0v) is 41.4. The number of benzene rings is 8. The molecular weight excluding hydrogens is 869 g/mol. The molecule has 2 spiro atoms. The van der Waals surface area contributed by atoms with Crippen molar-refractivity contribution >= 4 is 22.7 Å². The van der Waals surface area contributed by atoms with Crippen LogP contribution in [-0.2, 0) is 16.2 Å². The molecule has 2 nitrogen and oxygen atoms in total. The van der Waals surface area contributed by atoms with E-state index in [0.29, 0.717) is 11.8 Å². The molecule has 10 unspecified atom stereocenters. The van der Waals surface area contributed by atoms with Gasteiger partial charge < -0.3 is 10.6 Å². The van der Waals surface area contributed by atoms with Crippen LogP contribution in [0.5, 0.6) is 0 Å². The van der Waals surface area contributed by atoms with Crippen molar-refractivity contribution in [1.29, 1.82) is 0 Å². The largest absolute Gasteiger partial charge is 0.355 e. The maximum absolute atomic E-state index is 4.10. The predicted octanol–water partition coefficient (Wildman–Crippen LogP) is 18.1. The third-order valence-electron chi connectivity index (χ3n) is 21.1. The molecule has 7 saturated carbocycles. The van der Waals surface area contributed by atoms with E-state index in [4.69, 9.17) is 0 Å². The van der Waals surface area contributed by atoms with Gasteiger partial charge in [-0.1, -0.05) is 165 Å². The van der Waals surface area contributed by atoms with E-state index < -0.39 is 0 Å². The summed E-state index contributed by atoms with van der Waals surface area (Å²) in [5, 5.41) is 8.07. The highest BCUT2D eigenvalue weighted by atomic mass is 14.9. The lowest BCUT2D eigenvalue weighted by Gasteiger charge is -2.55. The summed E-state index contributed by atoms with van der Waals surface area (Å²) in [5.74, 6) is 5.29. The molecule has 72 heavy (non-hydrogen) atoms. The van der Waals surface area contributed by atoms with Gasteiger partial charge in [-0.25, -0.2) is 0 Å². The first-order chi connectivity index (χ1) is 35.6. The summed E-state index contributed by atoms with van der Waals surface area (Å²) >= 11 is 0. The molecule has 0 saturated heterocycles. The van der Waals surface area contributed by atoms with Gasteiger partial charge in [-0.3, -0.25) is 0 Å². The van der Waals surface area contributed by atoms with Gasteiger partial charge in [0.05, 0.1) is 0 Å². The summed E-state index contributed by atoms with van der Waals surface area (Å²) in [4.78, 5) is 0. The first-order valence-electron chi connectivity index (χ1n) is 27.9. The first-order valence-corrected chi connectivity index (χ1v) is 27.9. The Labute approximate surface area is 426 Å². The summed E-state index contributed by atoms with van der Waals surface area (Å²) in [6.07, 6.45) is 16.2. The molecule has 10 atom stereocenters. The quantitative estimate of drug-likeness (QED) is 0.166. The molecule has 7 bridgehead atoms. The van der Waals surface area contributed by atoms with Crippen molar-refractivity contribution in [3.05, 3.63) is 216 Å². The van der Waals surface area contributed by atoms with E-state index in [9.17, 15) is 0 Å². The van der Waals surface area contributed by atoms with E-state index in [1.165, 1.54) is 139 Å². The van der Waals surface area contributed by atoms with Gasteiger partial charge in [0.1, 0.15) is 0 Å². The second-order valence-corrected chi connectivity index (χ2v) is 24.1.